The fourth-order valence-electron chi connectivity index (χ4n) is 1.85. The van der Waals surface area contributed by atoms with Crippen LogP contribution in [0.4, 0.5) is 11.4 Å². The summed E-state index contributed by atoms with van der Waals surface area (Å²) in [6.07, 6.45) is 0. The second-order valence-electron chi connectivity index (χ2n) is 4.73. The molecule has 2 N–H and O–H groups in total. The van der Waals surface area contributed by atoms with Gasteiger partial charge >= 0.3 is 11.8 Å². The molecule has 0 aliphatic rings. The first-order chi connectivity index (χ1) is 9.95. The first-order valence-electron chi connectivity index (χ1n) is 6.41. The second kappa shape index (κ2) is 6.71. The molecule has 5 heteroatoms. The van der Waals surface area contributed by atoms with Crippen LogP contribution in [0.1, 0.15) is 11.1 Å². The molecule has 0 aliphatic heterocycles. The van der Waals surface area contributed by atoms with Crippen molar-refractivity contribution < 1.29 is 9.59 Å². The largest absolute Gasteiger partial charge is 0.318 e. The van der Waals surface area contributed by atoms with E-state index in [1.807, 2.05) is 38.1 Å². The number of benzene rings is 2. The van der Waals surface area contributed by atoms with Crippen LogP contribution in [0, 0.1) is 17.4 Å². The SMILES string of the molecule is Cc1ccc(NC(=O)C(=O)Nc2ccc(I)cc2)c(C)c1. The first kappa shape index (κ1) is 15.5. The van der Waals surface area contributed by atoms with E-state index in [-0.39, 0.29) is 0 Å². The molecule has 0 spiro atoms. The van der Waals surface area contributed by atoms with Gasteiger partial charge in [-0.25, -0.2) is 0 Å². The van der Waals surface area contributed by atoms with Crippen molar-refractivity contribution in [2.45, 2.75) is 13.8 Å². The molecule has 4 nitrogen and oxygen atoms in total. The van der Waals surface area contributed by atoms with Crippen LogP contribution in [0.15, 0.2) is 42.5 Å². The number of carbonyl (C=O) groups excluding carboxylic acids is 2. The van der Waals surface area contributed by atoms with Crippen molar-refractivity contribution in [2.24, 2.45) is 0 Å². The molecule has 2 aromatic carbocycles. The maximum absolute atomic E-state index is 11.9. The van der Waals surface area contributed by atoms with E-state index in [4.69, 9.17) is 0 Å². The number of hydrogen-bond acceptors (Lipinski definition) is 2. The molecule has 2 rings (SSSR count). The van der Waals surface area contributed by atoms with Crippen molar-refractivity contribution in [3.63, 3.8) is 0 Å². The normalized spacial score (nSPS) is 10.0. The van der Waals surface area contributed by atoms with Gasteiger partial charge in [0, 0.05) is 14.9 Å². The monoisotopic (exact) mass is 394 g/mol. The van der Waals surface area contributed by atoms with Crippen molar-refractivity contribution >= 4 is 45.8 Å². The van der Waals surface area contributed by atoms with Crippen molar-refractivity contribution in [3.8, 4) is 0 Å². The predicted octanol–water partition coefficient (Wildman–Crippen LogP) is 3.49. The van der Waals surface area contributed by atoms with Gasteiger partial charge in [0.15, 0.2) is 0 Å². The van der Waals surface area contributed by atoms with Gasteiger partial charge < -0.3 is 10.6 Å². The van der Waals surface area contributed by atoms with Gasteiger partial charge in [0.1, 0.15) is 0 Å². The predicted molar refractivity (Wildman–Crippen MR) is 92.3 cm³/mol. The van der Waals surface area contributed by atoms with Crippen molar-refractivity contribution in [1.82, 2.24) is 0 Å². The molecule has 0 atom stereocenters. The van der Waals surface area contributed by atoms with Crippen LogP contribution in [0.2, 0.25) is 0 Å². The number of hydrogen-bond donors (Lipinski definition) is 2. The Balaban J connectivity index is 2.02. The number of aryl methyl sites for hydroxylation is 2. The van der Waals surface area contributed by atoms with Crippen molar-refractivity contribution in [1.29, 1.82) is 0 Å². The zero-order chi connectivity index (χ0) is 15.4. The highest BCUT2D eigenvalue weighted by Gasteiger charge is 2.14. The van der Waals surface area contributed by atoms with E-state index in [1.165, 1.54) is 0 Å². The van der Waals surface area contributed by atoms with E-state index in [9.17, 15) is 9.59 Å². The van der Waals surface area contributed by atoms with Crippen LogP contribution in [0.3, 0.4) is 0 Å². The quantitative estimate of drug-likeness (QED) is 0.605. The third-order valence-corrected chi connectivity index (χ3v) is 3.66. The highest BCUT2D eigenvalue weighted by atomic mass is 127. The molecule has 0 aromatic heterocycles. The zero-order valence-electron chi connectivity index (χ0n) is 11.7. The lowest BCUT2D eigenvalue weighted by atomic mass is 10.1. The molecule has 2 aromatic rings. The molecule has 0 heterocycles. The molecule has 0 bridgehead atoms. The zero-order valence-corrected chi connectivity index (χ0v) is 13.9. The van der Waals surface area contributed by atoms with E-state index < -0.39 is 11.8 Å². The van der Waals surface area contributed by atoms with Gasteiger partial charge in [-0.05, 0) is 72.3 Å². The van der Waals surface area contributed by atoms with Gasteiger partial charge in [-0.2, -0.15) is 0 Å². The fraction of sp³-hybridized carbons (Fsp3) is 0.125. The molecule has 108 valence electrons. The fourth-order valence-corrected chi connectivity index (χ4v) is 2.21. The van der Waals surface area contributed by atoms with Gasteiger partial charge in [0.2, 0.25) is 0 Å². The topological polar surface area (TPSA) is 58.2 Å². The summed E-state index contributed by atoms with van der Waals surface area (Å²) in [5.74, 6) is -1.36. The Labute approximate surface area is 137 Å². The highest BCUT2D eigenvalue weighted by molar-refractivity contribution is 14.1. The Hall–Kier alpha value is -1.89. The average molecular weight is 394 g/mol. The molecule has 0 saturated heterocycles. The summed E-state index contributed by atoms with van der Waals surface area (Å²) in [7, 11) is 0. The summed E-state index contributed by atoms with van der Waals surface area (Å²) in [5.41, 5.74) is 3.26. The molecule has 0 aliphatic carbocycles. The van der Waals surface area contributed by atoms with Gasteiger partial charge in [-0.1, -0.05) is 17.7 Å². The van der Waals surface area contributed by atoms with Crippen molar-refractivity contribution in [3.05, 3.63) is 57.2 Å². The Morgan fingerprint density at radius 2 is 1.52 bits per heavy atom. The molecule has 2 amide bonds. The molecule has 0 radical (unpaired) electrons. The van der Waals surface area contributed by atoms with E-state index >= 15 is 0 Å². The minimum atomic E-state index is -0.684. The Morgan fingerprint density at radius 3 is 2.14 bits per heavy atom. The molecule has 21 heavy (non-hydrogen) atoms. The van der Waals surface area contributed by atoms with E-state index in [2.05, 4.69) is 33.2 Å². The standard InChI is InChI=1S/C16H15IN2O2/c1-10-3-8-14(11(2)9-10)19-16(21)15(20)18-13-6-4-12(17)5-7-13/h3-9H,1-2H3,(H,18,20)(H,19,21). The maximum atomic E-state index is 11.9. The second-order valence-corrected chi connectivity index (χ2v) is 5.98. The summed E-state index contributed by atoms with van der Waals surface area (Å²) in [6.45, 7) is 3.86. The summed E-state index contributed by atoms with van der Waals surface area (Å²) < 4.78 is 1.06. The lowest BCUT2D eigenvalue weighted by Crippen LogP contribution is -2.29. The third kappa shape index (κ3) is 4.29. The molecule has 0 saturated carbocycles. The Kier molecular flexibility index (Phi) is 4.95. The lowest BCUT2D eigenvalue weighted by molar-refractivity contribution is -0.133. The van der Waals surface area contributed by atoms with Crippen LogP contribution in [-0.4, -0.2) is 11.8 Å². The summed E-state index contributed by atoms with van der Waals surface area (Å²) >= 11 is 2.17. The maximum Gasteiger partial charge on any atom is 0.314 e. The summed E-state index contributed by atoms with van der Waals surface area (Å²) in [5, 5.41) is 5.18. The minimum Gasteiger partial charge on any atom is -0.318 e. The number of anilines is 2. The van der Waals surface area contributed by atoms with Crippen LogP contribution in [-0.2, 0) is 9.59 Å². The van der Waals surface area contributed by atoms with E-state index in [1.54, 1.807) is 18.2 Å². The third-order valence-electron chi connectivity index (χ3n) is 2.94. The minimum absolute atomic E-state index is 0.594. The molecule has 0 unspecified atom stereocenters. The summed E-state index contributed by atoms with van der Waals surface area (Å²) in [6, 6.07) is 12.9. The molecular weight excluding hydrogens is 379 g/mol. The van der Waals surface area contributed by atoms with Crippen LogP contribution >= 0.6 is 22.6 Å². The Bertz CT molecular complexity index is 681. The smallest absolute Gasteiger partial charge is 0.314 e. The van der Waals surface area contributed by atoms with Gasteiger partial charge in [0.25, 0.3) is 0 Å². The van der Waals surface area contributed by atoms with E-state index in [0.717, 1.165) is 14.7 Å². The number of carbonyl (C=O) groups is 2. The number of nitrogens with one attached hydrogen (secondary N) is 2. The van der Waals surface area contributed by atoms with Crippen LogP contribution in [0.5, 0.6) is 0 Å². The van der Waals surface area contributed by atoms with Gasteiger partial charge in [-0.3, -0.25) is 9.59 Å². The highest BCUT2D eigenvalue weighted by Crippen LogP contribution is 2.16. The van der Waals surface area contributed by atoms with Crippen LogP contribution in [0.25, 0.3) is 0 Å². The number of halogens is 1. The average Bonchev–Trinajstić information content (AvgIpc) is 2.44. The molecule has 0 fully saturated rings. The number of rotatable bonds is 2. The molecular formula is C16H15IN2O2. The summed E-state index contributed by atoms with van der Waals surface area (Å²) in [4.78, 5) is 23.8. The van der Waals surface area contributed by atoms with Gasteiger partial charge in [0.05, 0.1) is 0 Å². The van der Waals surface area contributed by atoms with Crippen LogP contribution < -0.4 is 10.6 Å². The van der Waals surface area contributed by atoms with E-state index in [0.29, 0.717) is 11.4 Å². The first-order valence-corrected chi connectivity index (χ1v) is 7.49. The lowest BCUT2D eigenvalue weighted by Gasteiger charge is -2.09. The Morgan fingerprint density at radius 1 is 0.905 bits per heavy atom. The van der Waals surface area contributed by atoms with Gasteiger partial charge in [-0.15, -0.1) is 0 Å². The van der Waals surface area contributed by atoms with Crippen molar-refractivity contribution in [2.75, 3.05) is 10.6 Å². The number of amides is 2.